The van der Waals surface area contributed by atoms with E-state index < -0.39 is 0 Å². The zero-order chi connectivity index (χ0) is 14.8. The average molecular weight is 354 g/mol. The predicted molar refractivity (Wildman–Crippen MR) is 96.5 cm³/mol. The van der Waals surface area contributed by atoms with Crippen LogP contribution < -0.4 is 16.2 Å². The maximum Gasteiger partial charge on any atom is 0.221 e. The summed E-state index contributed by atoms with van der Waals surface area (Å²) < 4.78 is 5.34. The van der Waals surface area contributed by atoms with Crippen LogP contribution in [0, 0.1) is 0 Å². The summed E-state index contributed by atoms with van der Waals surface area (Å²) in [7, 11) is 1.63. The normalized spacial score (nSPS) is 9.78. The molecule has 0 radical (unpaired) electrons. The van der Waals surface area contributed by atoms with E-state index in [-0.39, 0.29) is 30.8 Å². The largest absolute Gasteiger partial charge is 0.494 e. The summed E-state index contributed by atoms with van der Waals surface area (Å²) >= 11 is 0. The van der Waals surface area contributed by atoms with Gasteiger partial charge in [-0.15, -0.1) is 24.8 Å². The Morgan fingerprint density at radius 2 is 1.83 bits per heavy atom. The maximum absolute atomic E-state index is 5.90. The summed E-state index contributed by atoms with van der Waals surface area (Å²) in [5.41, 5.74) is 14.2. The van der Waals surface area contributed by atoms with Crippen LogP contribution in [0.1, 0.15) is 11.1 Å². The Balaban J connectivity index is 0.00000132. The first-order valence-corrected chi connectivity index (χ1v) is 6.46. The number of hydrogen-bond acceptors (Lipinski definition) is 6. The molecular weight excluding hydrogens is 337 g/mol. The lowest BCUT2D eigenvalue weighted by atomic mass is 10.0. The minimum Gasteiger partial charge on any atom is -0.494 e. The summed E-state index contributed by atoms with van der Waals surface area (Å²) in [6.07, 6.45) is 4.01. The molecule has 2 aromatic heterocycles. The first-order valence-electron chi connectivity index (χ1n) is 6.46. The van der Waals surface area contributed by atoms with E-state index in [1.54, 1.807) is 19.5 Å². The topological polar surface area (TPSA) is 99.9 Å². The highest BCUT2D eigenvalue weighted by molar-refractivity contribution is 5.87. The molecule has 8 heteroatoms. The minimum absolute atomic E-state index is 0. The molecule has 6 nitrogen and oxygen atoms in total. The van der Waals surface area contributed by atoms with Gasteiger partial charge in [-0.1, -0.05) is 12.1 Å². The molecule has 3 aromatic rings. The van der Waals surface area contributed by atoms with Crippen LogP contribution in [-0.4, -0.2) is 22.1 Å². The third kappa shape index (κ3) is 3.72. The molecule has 4 N–H and O–H groups in total. The smallest absolute Gasteiger partial charge is 0.221 e. The van der Waals surface area contributed by atoms with Gasteiger partial charge in [-0.05, 0) is 17.7 Å². The third-order valence-corrected chi connectivity index (χ3v) is 3.34. The molecule has 2 heterocycles. The number of rotatable bonds is 3. The number of methoxy groups -OCH3 is 1. The van der Waals surface area contributed by atoms with E-state index >= 15 is 0 Å². The number of benzene rings is 1. The fraction of sp³-hybridized carbons (Fsp3) is 0.133. The summed E-state index contributed by atoms with van der Waals surface area (Å²) in [6, 6.07) is 7.81. The highest BCUT2D eigenvalue weighted by Crippen LogP contribution is 2.28. The van der Waals surface area contributed by atoms with Crippen molar-refractivity contribution in [2.24, 2.45) is 0 Å². The highest BCUT2D eigenvalue weighted by Gasteiger charge is 2.10. The minimum atomic E-state index is 0. The van der Waals surface area contributed by atoms with Gasteiger partial charge in [0.25, 0.3) is 0 Å². The molecule has 23 heavy (non-hydrogen) atoms. The van der Waals surface area contributed by atoms with Crippen molar-refractivity contribution < 1.29 is 4.74 Å². The lowest BCUT2D eigenvalue weighted by Crippen LogP contribution is -2.04. The fourth-order valence-electron chi connectivity index (χ4n) is 2.30. The molecule has 0 atom stereocenters. The van der Waals surface area contributed by atoms with Crippen molar-refractivity contribution in [3.63, 3.8) is 0 Å². The number of aromatic nitrogens is 3. The lowest BCUT2D eigenvalue weighted by Gasteiger charge is -2.10. The second-order valence-electron chi connectivity index (χ2n) is 4.64. The SMILES string of the molecule is COc1ccc(Cc2cnc(N)nc2N)c2cccnc12.Cl.Cl. The molecule has 0 unspecified atom stereocenters. The standard InChI is InChI=1S/C15H15N5O.2ClH/c1-21-12-5-4-9(11-3-2-6-18-13(11)12)7-10-8-19-15(17)20-14(10)16;;/h2-6,8H,7H2,1H3,(H4,16,17,19,20);2*1H. The van der Waals surface area contributed by atoms with Gasteiger partial charge in [0.2, 0.25) is 5.95 Å². The van der Waals surface area contributed by atoms with E-state index in [1.807, 2.05) is 24.3 Å². The molecule has 0 aliphatic rings. The van der Waals surface area contributed by atoms with E-state index in [0.29, 0.717) is 12.2 Å². The van der Waals surface area contributed by atoms with Gasteiger partial charge < -0.3 is 16.2 Å². The van der Waals surface area contributed by atoms with Crippen molar-refractivity contribution in [3.8, 4) is 5.75 Å². The second-order valence-corrected chi connectivity index (χ2v) is 4.64. The molecule has 0 bridgehead atoms. The molecular formula is C15H17Cl2N5O. The van der Waals surface area contributed by atoms with Gasteiger partial charge in [-0.3, -0.25) is 4.98 Å². The number of pyridine rings is 1. The number of nitrogens with two attached hydrogens (primary N) is 2. The van der Waals surface area contributed by atoms with Crippen LogP contribution in [0.5, 0.6) is 5.75 Å². The van der Waals surface area contributed by atoms with Gasteiger partial charge in [0, 0.05) is 29.8 Å². The van der Waals surface area contributed by atoms with Gasteiger partial charge in [0.15, 0.2) is 0 Å². The first-order chi connectivity index (χ1) is 10.2. The second kappa shape index (κ2) is 7.80. The Morgan fingerprint density at radius 1 is 1.04 bits per heavy atom. The van der Waals surface area contributed by atoms with E-state index in [1.165, 1.54) is 0 Å². The number of hydrogen-bond donors (Lipinski definition) is 2. The summed E-state index contributed by atoms with van der Waals surface area (Å²) in [5, 5.41) is 1.02. The summed E-state index contributed by atoms with van der Waals surface area (Å²) in [5.74, 6) is 1.32. The molecule has 0 spiro atoms. The fourth-order valence-corrected chi connectivity index (χ4v) is 2.30. The van der Waals surface area contributed by atoms with Crippen molar-refractivity contribution in [1.82, 2.24) is 15.0 Å². The van der Waals surface area contributed by atoms with Crippen LogP contribution in [0.25, 0.3) is 10.9 Å². The molecule has 0 aliphatic heterocycles. The van der Waals surface area contributed by atoms with Crippen molar-refractivity contribution in [1.29, 1.82) is 0 Å². The van der Waals surface area contributed by atoms with E-state index in [4.69, 9.17) is 16.2 Å². The zero-order valence-corrected chi connectivity index (χ0v) is 14.0. The van der Waals surface area contributed by atoms with E-state index in [0.717, 1.165) is 27.8 Å². The molecule has 1 aromatic carbocycles. The van der Waals surface area contributed by atoms with Gasteiger partial charge in [-0.2, -0.15) is 4.98 Å². The number of ether oxygens (including phenoxy) is 1. The number of halogens is 2. The molecule has 0 saturated heterocycles. The Labute approximate surface area is 146 Å². The summed E-state index contributed by atoms with van der Waals surface area (Å²) in [4.78, 5) is 12.4. The van der Waals surface area contributed by atoms with Crippen molar-refractivity contribution in [2.75, 3.05) is 18.6 Å². The monoisotopic (exact) mass is 353 g/mol. The first kappa shape index (κ1) is 18.7. The predicted octanol–water partition coefficient (Wildman–Crippen LogP) is 2.63. The van der Waals surface area contributed by atoms with Crippen LogP contribution in [0.3, 0.4) is 0 Å². The van der Waals surface area contributed by atoms with E-state index in [9.17, 15) is 0 Å². The molecule has 122 valence electrons. The third-order valence-electron chi connectivity index (χ3n) is 3.34. The summed E-state index contributed by atoms with van der Waals surface area (Å²) in [6.45, 7) is 0. The van der Waals surface area contributed by atoms with Crippen LogP contribution in [-0.2, 0) is 6.42 Å². The average Bonchev–Trinajstić information content (AvgIpc) is 2.50. The maximum atomic E-state index is 5.90. The van der Waals surface area contributed by atoms with Crippen LogP contribution in [0.15, 0.2) is 36.7 Å². The number of nitrogens with zero attached hydrogens (tertiary/aromatic N) is 3. The number of nitrogen functional groups attached to an aromatic ring is 2. The molecule has 0 aliphatic carbocycles. The Hall–Kier alpha value is -2.31. The molecule has 0 amide bonds. The van der Waals surface area contributed by atoms with Crippen molar-refractivity contribution in [2.45, 2.75) is 6.42 Å². The van der Waals surface area contributed by atoms with Crippen LogP contribution >= 0.6 is 24.8 Å². The van der Waals surface area contributed by atoms with Crippen LogP contribution in [0.2, 0.25) is 0 Å². The van der Waals surface area contributed by atoms with Gasteiger partial charge in [-0.25, -0.2) is 4.98 Å². The van der Waals surface area contributed by atoms with Gasteiger partial charge in [0.1, 0.15) is 17.1 Å². The van der Waals surface area contributed by atoms with Crippen molar-refractivity contribution >= 4 is 47.5 Å². The Bertz CT molecular complexity index is 813. The number of anilines is 2. The quantitative estimate of drug-likeness (QED) is 0.750. The number of fused-ring (bicyclic) bond motifs is 1. The highest BCUT2D eigenvalue weighted by atomic mass is 35.5. The Kier molecular flexibility index (Phi) is 6.36. The van der Waals surface area contributed by atoms with Gasteiger partial charge in [0.05, 0.1) is 7.11 Å². The Morgan fingerprint density at radius 3 is 2.52 bits per heavy atom. The van der Waals surface area contributed by atoms with Crippen molar-refractivity contribution in [3.05, 3.63) is 47.8 Å². The van der Waals surface area contributed by atoms with Crippen LogP contribution in [0.4, 0.5) is 11.8 Å². The zero-order valence-electron chi connectivity index (χ0n) is 12.4. The van der Waals surface area contributed by atoms with Gasteiger partial charge >= 0.3 is 0 Å². The molecule has 0 saturated carbocycles. The lowest BCUT2D eigenvalue weighted by molar-refractivity contribution is 0.419. The molecule has 0 fully saturated rings. The van der Waals surface area contributed by atoms with E-state index in [2.05, 4.69) is 15.0 Å². The molecule has 3 rings (SSSR count).